The number of aryl methyl sites for hydroxylation is 1. The Hall–Kier alpha value is -2.64. The molecule has 0 saturated heterocycles. The first-order chi connectivity index (χ1) is 11.7. The lowest BCUT2D eigenvalue weighted by Crippen LogP contribution is -2.41. The minimum Gasteiger partial charge on any atom is -0.324 e. The van der Waals surface area contributed by atoms with Gasteiger partial charge in [-0.15, -0.1) is 0 Å². The van der Waals surface area contributed by atoms with Gasteiger partial charge in [-0.1, -0.05) is 36.4 Å². The summed E-state index contributed by atoms with van der Waals surface area (Å²) in [6.07, 6.45) is 3.26. The van der Waals surface area contributed by atoms with Gasteiger partial charge in [-0.3, -0.25) is 10.1 Å². The van der Waals surface area contributed by atoms with Crippen molar-refractivity contribution in [3.8, 4) is 6.07 Å². The van der Waals surface area contributed by atoms with E-state index >= 15 is 0 Å². The third-order valence-corrected chi connectivity index (χ3v) is 4.52. The van der Waals surface area contributed by atoms with Crippen molar-refractivity contribution in [2.75, 3.05) is 5.32 Å². The molecule has 1 aliphatic carbocycles. The van der Waals surface area contributed by atoms with Gasteiger partial charge in [0.2, 0.25) is 5.91 Å². The third-order valence-electron chi connectivity index (χ3n) is 4.52. The Kier molecular flexibility index (Phi) is 4.93. The molecule has 0 heterocycles. The lowest BCUT2D eigenvalue weighted by atomic mass is 9.87. The van der Waals surface area contributed by atoms with E-state index < -0.39 is 0 Å². The van der Waals surface area contributed by atoms with Crippen LogP contribution in [0.4, 0.5) is 5.69 Å². The Balaban J connectivity index is 1.68. The number of benzene rings is 2. The highest BCUT2D eigenvalue weighted by atomic mass is 16.2. The van der Waals surface area contributed by atoms with Crippen LogP contribution in [-0.2, 0) is 11.2 Å². The molecule has 0 spiro atoms. The summed E-state index contributed by atoms with van der Waals surface area (Å²) >= 11 is 0. The van der Waals surface area contributed by atoms with Gasteiger partial charge in [-0.2, -0.15) is 5.26 Å². The summed E-state index contributed by atoms with van der Waals surface area (Å²) in [5, 5.41) is 15.4. The first-order valence-corrected chi connectivity index (χ1v) is 8.33. The maximum absolute atomic E-state index is 12.5. The summed E-state index contributed by atoms with van der Waals surface area (Å²) < 4.78 is 0. The summed E-state index contributed by atoms with van der Waals surface area (Å²) in [6.45, 7) is 1.86. The topological polar surface area (TPSA) is 64.9 Å². The highest BCUT2D eigenvalue weighted by Crippen LogP contribution is 2.29. The van der Waals surface area contributed by atoms with E-state index in [1.807, 2.05) is 19.1 Å². The predicted molar refractivity (Wildman–Crippen MR) is 94.5 cm³/mol. The van der Waals surface area contributed by atoms with E-state index in [9.17, 15) is 4.79 Å². The molecule has 2 atom stereocenters. The SMILES string of the molecule is C[C@@H](N[C@@H]1CCCc2ccccc21)C(=O)Nc1ccccc1C#N. The normalized spacial score (nSPS) is 17.4. The summed E-state index contributed by atoms with van der Waals surface area (Å²) in [4.78, 5) is 12.5. The number of carbonyl (C=O) groups excluding carboxylic acids is 1. The van der Waals surface area contributed by atoms with Crippen LogP contribution in [0, 0.1) is 11.3 Å². The monoisotopic (exact) mass is 319 g/mol. The fourth-order valence-electron chi connectivity index (χ4n) is 3.24. The van der Waals surface area contributed by atoms with Crippen LogP contribution >= 0.6 is 0 Å². The smallest absolute Gasteiger partial charge is 0.241 e. The third kappa shape index (κ3) is 3.47. The molecule has 0 aromatic heterocycles. The molecular weight excluding hydrogens is 298 g/mol. The van der Waals surface area contributed by atoms with Crippen LogP contribution in [-0.4, -0.2) is 11.9 Å². The van der Waals surface area contributed by atoms with E-state index in [0.29, 0.717) is 11.3 Å². The molecule has 1 aliphatic rings. The number of fused-ring (bicyclic) bond motifs is 1. The Labute approximate surface area is 142 Å². The zero-order valence-electron chi connectivity index (χ0n) is 13.8. The Morgan fingerprint density at radius 2 is 1.96 bits per heavy atom. The number of carbonyl (C=O) groups is 1. The second-order valence-corrected chi connectivity index (χ2v) is 6.18. The molecule has 0 saturated carbocycles. The van der Waals surface area contributed by atoms with Gasteiger partial charge >= 0.3 is 0 Å². The first kappa shape index (κ1) is 16.2. The van der Waals surface area contributed by atoms with Crippen molar-refractivity contribution < 1.29 is 4.79 Å². The lowest BCUT2D eigenvalue weighted by Gasteiger charge is -2.29. The number of nitriles is 1. The number of hydrogen-bond donors (Lipinski definition) is 2. The van der Waals surface area contributed by atoms with Crippen molar-refractivity contribution in [2.24, 2.45) is 0 Å². The van der Waals surface area contributed by atoms with Crippen molar-refractivity contribution in [3.63, 3.8) is 0 Å². The Bertz CT molecular complexity index is 778. The number of nitrogens with zero attached hydrogens (tertiary/aromatic N) is 1. The number of hydrogen-bond acceptors (Lipinski definition) is 3. The number of amides is 1. The summed E-state index contributed by atoms with van der Waals surface area (Å²) in [6, 6.07) is 17.4. The van der Waals surface area contributed by atoms with E-state index in [0.717, 1.165) is 19.3 Å². The maximum Gasteiger partial charge on any atom is 0.241 e. The molecule has 3 rings (SSSR count). The Morgan fingerprint density at radius 3 is 2.79 bits per heavy atom. The van der Waals surface area contributed by atoms with Crippen molar-refractivity contribution in [3.05, 3.63) is 65.2 Å². The molecule has 4 heteroatoms. The van der Waals surface area contributed by atoms with Gasteiger partial charge in [0.1, 0.15) is 6.07 Å². The van der Waals surface area contributed by atoms with Crippen molar-refractivity contribution in [1.29, 1.82) is 5.26 Å². The molecule has 0 aliphatic heterocycles. The van der Waals surface area contributed by atoms with Crippen molar-refractivity contribution in [1.82, 2.24) is 5.32 Å². The summed E-state index contributed by atoms with van der Waals surface area (Å²) in [5.41, 5.74) is 3.69. The van der Waals surface area contributed by atoms with Crippen LogP contribution in [0.15, 0.2) is 48.5 Å². The molecule has 0 bridgehead atoms. The molecule has 4 nitrogen and oxygen atoms in total. The molecule has 2 aromatic rings. The molecule has 2 N–H and O–H groups in total. The number of nitrogens with one attached hydrogen (secondary N) is 2. The molecule has 2 aromatic carbocycles. The molecule has 0 radical (unpaired) electrons. The molecular formula is C20H21N3O. The van der Waals surface area contributed by atoms with Crippen LogP contribution in [0.5, 0.6) is 0 Å². The van der Waals surface area contributed by atoms with Crippen molar-refractivity contribution in [2.45, 2.75) is 38.3 Å². The second kappa shape index (κ2) is 7.29. The highest BCUT2D eigenvalue weighted by Gasteiger charge is 2.23. The molecule has 24 heavy (non-hydrogen) atoms. The van der Waals surface area contributed by atoms with Crippen LogP contribution in [0.2, 0.25) is 0 Å². The first-order valence-electron chi connectivity index (χ1n) is 8.33. The van der Waals surface area contributed by atoms with Gasteiger partial charge in [-0.05, 0) is 49.4 Å². The van der Waals surface area contributed by atoms with Crippen LogP contribution in [0.1, 0.15) is 42.5 Å². The standard InChI is InChI=1S/C20H21N3O/c1-14(20(24)23-18-11-5-3-8-16(18)13-21)22-19-12-6-9-15-7-2-4-10-17(15)19/h2-5,7-8,10-11,14,19,22H,6,9,12H2,1H3,(H,23,24)/t14-,19-/m1/s1. The molecule has 1 amide bonds. The van der Waals surface area contributed by atoms with Gasteiger partial charge in [0, 0.05) is 6.04 Å². The molecule has 0 unspecified atom stereocenters. The van der Waals surface area contributed by atoms with Gasteiger partial charge in [0.05, 0.1) is 17.3 Å². The van der Waals surface area contributed by atoms with Crippen molar-refractivity contribution >= 4 is 11.6 Å². The minimum absolute atomic E-state index is 0.124. The summed E-state index contributed by atoms with van der Waals surface area (Å²) in [7, 11) is 0. The van der Waals surface area contributed by atoms with Crippen LogP contribution in [0.3, 0.4) is 0 Å². The van der Waals surface area contributed by atoms with Gasteiger partial charge in [-0.25, -0.2) is 0 Å². The average Bonchev–Trinajstić information content (AvgIpc) is 2.62. The van der Waals surface area contributed by atoms with Gasteiger partial charge in [0.15, 0.2) is 0 Å². The second-order valence-electron chi connectivity index (χ2n) is 6.18. The minimum atomic E-state index is -0.340. The maximum atomic E-state index is 12.5. The number of anilines is 1. The van der Waals surface area contributed by atoms with Crippen LogP contribution < -0.4 is 10.6 Å². The fourth-order valence-corrected chi connectivity index (χ4v) is 3.24. The predicted octanol–water partition coefficient (Wildman–Crippen LogP) is 3.55. The number of rotatable bonds is 4. The van der Waals surface area contributed by atoms with E-state index in [1.54, 1.807) is 18.2 Å². The van der Waals surface area contributed by atoms with E-state index in [2.05, 4.69) is 34.9 Å². The quantitative estimate of drug-likeness (QED) is 0.905. The molecule has 0 fully saturated rings. The van der Waals surface area contributed by atoms with Gasteiger partial charge in [0.25, 0.3) is 0 Å². The Morgan fingerprint density at radius 1 is 1.21 bits per heavy atom. The fraction of sp³-hybridized carbons (Fsp3) is 0.300. The van der Waals surface area contributed by atoms with Crippen LogP contribution in [0.25, 0.3) is 0 Å². The lowest BCUT2D eigenvalue weighted by molar-refractivity contribution is -0.118. The largest absolute Gasteiger partial charge is 0.324 e. The average molecular weight is 319 g/mol. The van der Waals surface area contributed by atoms with E-state index in [1.165, 1.54) is 11.1 Å². The molecule has 122 valence electrons. The summed E-state index contributed by atoms with van der Waals surface area (Å²) in [5.74, 6) is -0.124. The van der Waals surface area contributed by atoms with E-state index in [4.69, 9.17) is 5.26 Å². The van der Waals surface area contributed by atoms with Gasteiger partial charge < -0.3 is 5.32 Å². The zero-order valence-corrected chi connectivity index (χ0v) is 13.8. The van der Waals surface area contributed by atoms with E-state index in [-0.39, 0.29) is 18.0 Å². The highest BCUT2D eigenvalue weighted by molar-refractivity contribution is 5.95. The number of para-hydroxylation sites is 1. The zero-order chi connectivity index (χ0) is 16.9.